The molecule has 0 saturated carbocycles. The fourth-order valence-corrected chi connectivity index (χ4v) is 4.11. The minimum absolute atomic E-state index is 0.230. The second-order valence-corrected chi connectivity index (χ2v) is 7.35. The Morgan fingerprint density at radius 2 is 2.16 bits per heavy atom. The molecule has 3 heterocycles. The van der Waals surface area contributed by atoms with E-state index in [1.165, 1.54) is 16.2 Å². The van der Waals surface area contributed by atoms with Crippen molar-refractivity contribution >= 4 is 46.3 Å². The standard InChI is InChI=1S/C17H14ClN3O3S/c18-9-3-4-10-12(8-9)20-16(23)14-11(5-6-21(14)17(10)24)19-15(22)13-2-1-7-25-13/h1-4,7-8,11,14H,5-6H2,(H,19,22)(H,20,23). The van der Waals surface area contributed by atoms with E-state index in [1.54, 1.807) is 30.3 Å². The molecule has 1 aromatic heterocycles. The molecule has 1 saturated heterocycles. The van der Waals surface area contributed by atoms with Crippen molar-refractivity contribution in [1.82, 2.24) is 10.2 Å². The molecule has 2 unspecified atom stereocenters. The summed E-state index contributed by atoms with van der Waals surface area (Å²) in [6.45, 7) is 0.411. The van der Waals surface area contributed by atoms with Gasteiger partial charge in [-0.2, -0.15) is 0 Å². The normalized spacial score (nSPS) is 22.0. The minimum atomic E-state index is -0.734. The molecule has 3 amide bonds. The van der Waals surface area contributed by atoms with Crippen LogP contribution in [0.15, 0.2) is 35.7 Å². The third-order valence-electron chi connectivity index (χ3n) is 4.46. The van der Waals surface area contributed by atoms with E-state index in [4.69, 9.17) is 11.6 Å². The molecular weight excluding hydrogens is 362 g/mol. The van der Waals surface area contributed by atoms with Gasteiger partial charge in [0.2, 0.25) is 5.91 Å². The van der Waals surface area contributed by atoms with Gasteiger partial charge in [-0.1, -0.05) is 17.7 Å². The van der Waals surface area contributed by atoms with Crippen LogP contribution in [0.25, 0.3) is 0 Å². The smallest absolute Gasteiger partial charge is 0.261 e. The summed E-state index contributed by atoms with van der Waals surface area (Å²) in [6.07, 6.45) is 0.532. The predicted molar refractivity (Wildman–Crippen MR) is 95.1 cm³/mol. The van der Waals surface area contributed by atoms with Crippen molar-refractivity contribution in [2.75, 3.05) is 11.9 Å². The maximum absolute atomic E-state index is 12.8. The summed E-state index contributed by atoms with van der Waals surface area (Å²) in [4.78, 5) is 39.9. The topological polar surface area (TPSA) is 78.5 Å². The van der Waals surface area contributed by atoms with E-state index in [0.29, 0.717) is 34.1 Å². The Morgan fingerprint density at radius 1 is 1.32 bits per heavy atom. The average molecular weight is 376 g/mol. The molecule has 2 aliphatic rings. The third-order valence-corrected chi connectivity index (χ3v) is 5.56. The molecule has 128 valence electrons. The summed E-state index contributed by atoms with van der Waals surface area (Å²) in [5.41, 5.74) is 0.811. The van der Waals surface area contributed by atoms with Gasteiger partial charge in [0.15, 0.2) is 0 Å². The Balaban J connectivity index is 1.62. The largest absolute Gasteiger partial charge is 0.346 e. The zero-order valence-electron chi connectivity index (χ0n) is 13.0. The monoisotopic (exact) mass is 375 g/mol. The lowest BCUT2D eigenvalue weighted by molar-refractivity contribution is -0.120. The van der Waals surface area contributed by atoms with Crippen molar-refractivity contribution in [2.45, 2.75) is 18.5 Å². The van der Waals surface area contributed by atoms with Crippen molar-refractivity contribution in [3.63, 3.8) is 0 Å². The predicted octanol–water partition coefficient (Wildman–Crippen LogP) is 2.37. The molecule has 1 fully saturated rings. The summed E-state index contributed by atoms with van der Waals surface area (Å²) < 4.78 is 0. The van der Waals surface area contributed by atoms with Gasteiger partial charge in [0.25, 0.3) is 11.8 Å². The first kappa shape index (κ1) is 16.1. The van der Waals surface area contributed by atoms with Gasteiger partial charge < -0.3 is 15.5 Å². The SMILES string of the molecule is O=C(NC1CCN2C(=O)c3ccc(Cl)cc3NC(=O)C12)c1cccs1. The molecule has 8 heteroatoms. The number of hydrogen-bond donors (Lipinski definition) is 2. The maximum Gasteiger partial charge on any atom is 0.261 e. The summed E-state index contributed by atoms with van der Waals surface area (Å²) >= 11 is 7.30. The molecule has 0 radical (unpaired) electrons. The Bertz CT molecular complexity index is 868. The molecule has 25 heavy (non-hydrogen) atoms. The van der Waals surface area contributed by atoms with Crippen LogP contribution >= 0.6 is 22.9 Å². The van der Waals surface area contributed by atoms with E-state index >= 15 is 0 Å². The number of benzene rings is 1. The van der Waals surface area contributed by atoms with Gasteiger partial charge >= 0.3 is 0 Å². The fraction of sp³-hybridized carbons (Fsp3) is 0.235. The molecular formula is C17H14ClN3O3S. The van der Waals surface area contributed by atoms with E-state index in [0.717, 1.165) is 0 Å². The fourth-order valence-electron chi connectivity index (χ4n) is 3.31. The highest BCUT2D eigenvalue weighted by Crippen LogP contribution is 2.31. The van der Waals surface area contributed by atoms with E-state index < -0.39 is 12.1 Å². The number of thiophene rings is 1. The van der Waals surface area contributed by atoms with Gasteiger partial charge in [0.05, 0.1) is 22.2 Å². The van der Waals surface area contributed by atoms with Gasteiger partial charge in [-0.05, 0) is 36.1 Å². The molecule has 2 N–H and O–H groups in total. The average Bonchev–Trinajstić information content (AvgIpc) is 3.22. The van der Waals surface area contributed by atoms with Gasteiger partial charge in [-0.3, -0.25) is 14.4 Å². The van der Waals surface area contributed by atoms with E-state index in [2.05, 4.69) is 10.6 Å². The van der Waals surface area contributed by atoms with E-state index in [9.17, 15) is 14.4 Å². The van der Waals surface area contributed by atoms with Crippen LogP contribution in [0.2, 0.25) is 5.02 Å². The number of fused-ring (bicyclic) bond motifs is 2. The number of anilines is 1. The van der Waals surface area contributed by atoms with Crippen LogP contribution in [0, 0.1) is 0 Å². The van der Waals surface area contributed by atoms with Crippen molar-refractivity contribution in [1.29, 1.82) is 0 Å². The lowest BCUT2D eigenvalue weighted by atomic mass is 10.1. The first-order valence-corrected chi connectivity index (χ1v) is 9.06. The molecule has 0 spiro atoms. The molecule has 0 bridgehead atoms. The first-order valence-electron chi connectivity index (χ1n) is 7.80. The van der Waals surface area contributed by atoms with Gasteiger partial charge in [-0.15, -0.1) is 11.3 Å². The highest BCUT2D eigenvalue weighted by atomic mass is 35.5. The molecule has 2 aliphatic heterocycles. The quantitative estimate of drug-likeness (QED) is 0.845. The van der Waals surface area contributed by atoms with Crippen LogP contribution in [-0.4, -0.2) is 41.2 Å². The summed E-state index contributed by atoms with van der Waals surface area (Å²) in [6, 6.07) is 7.16. The highest BCUT2D eigenvalue weighted by molar-refractivity contribution is 7.12. The Morgan fingerprint density at radius 3 is 2.92 bits per heavy atom. The lowest BCUT2D eigenvalue weighted by Crippen LogP contribution is -2.51. The van der Waals surface area contributed by atoms with Gasteiger partial charge in [0, 0.05) is 11.6 Å². The van der Waals surface area contributed by atoms with Crippen molar-refractivity contribution in [2.24, 2.45) is 0 Å². The van der Waals surface area contributed by atoms with Crippen LogP contribution < -0.4 is 10.6 Å². The highest BCUT2D eigenvalue weighted by Gasteiger charge is 2.45. The second kappa shape index (κ2) is 6.16. The van der Waals surface area contributed by atoms with Gasteiger partial charge in [0.1, 0.15) is 6.04 Å². The van der Waals surface area contributed by atoms with Crippen molar-refractivity contribution in [3.8, 4) is 0 Å². The first-order chi connectivity index (χ1) is 12.0. The van der Waals surface area contributed by atoms with Crippen LogP contribution in [0.4, 0.5) is 5.69 Å². The lowest BCUT2D eigenvalue weighted by Gasteiger charge is -2.24. The Kier molecular flexibility index (Phi) is 3.97. The summed E-state index contributed by atoms with van der Waals surface area (Å²) in [7, 11) is 0. The number of nitrogens with one attached hydrogen (secondary N) is 2. The van der Waals surface area contributed by atoms with E-state index in [1.807, 2.05) is 5.38 Å². The zero-order chi connectivity index (χ0) is 17.6. The zero-order valence-corrected chi connectivity index (χ0v) is 14.6. The molecule has 6 nitrogen and oxygen atoms in total. The van der Waals surface area contributed by atoms with E-state index in [-0.39, 0.29) is 17.7 Å². The van der Waals surface area contributed by atoms with Crippen molar-refractivity contribution in [3.05, 3.63) is 51.2 Å². The third kappa shape index (κ3) is 2.79. The number of halogens is 1. The van der Waals surface area contributed by atoms with Crippen LogP contribution in [0.5, 0.6) is 0 Å². The second-order valence-electron chi connectivity index (χ2n) is 5.97. The van der Waals surface area contributed by atoms with Gasteiger partial charge in [-0.25, -0.2) is 0 Å². The number of hydrogen-bond acceptors (Lipinski definition) is 4. The molecule has 2 atom stereocenters. The number of carbonyl (C=O) groups is 3. The Hall–Kier alpha value is -2.38. The van der Waals surface area contributed by atoms with Crippen LogP contribution in [0.3, 0.4) is 0 Å². The maximum atomic E-state index is 12.8. The number of nitrogens with zero attached hydrogens (tertiary/aromatic N) is 1. The molecule has 2 aromatic rings. The minimum Gasteiger partial charge on any atom is -0.346 e. The summed E-state index contributed by atoms with van der Waals surface area (Å²) in [5.74, 6) is -0.779. The molecule has 4 rings (SSSR count). The number of amides is 3. The molecule has 0 aliphatic carbocycles. The Labute approximate surface area is 152 Å². The van der Waals surface area contributed by atoms with Crippen LogP contribution in [0.1, 0.15) is 26.5 Å². The molecule has 1 aromatic carbocycles. The van der Waals surface area contributed by atoms with Crippen LogP contribution in [-0.2, 0) is 4.79 Å². The van der Waals surface area contributed by atoms with Crippen molar-refractivity contribution < 1.29 is 14.4 Å². The summed E-state index contributed by atoms with van der Waals surface area (Å²) in [5, 5.41) is 7.92. The number of rotatable bonds is 2. The number of carbonyl (C=O) groups excluding carboxylic acids is 3.